The van der Waals surface area contributed by atoms with Crippen molar-refractivity contribution in [3.8, 4) is 0 Å². The summed E-state index contributed by atoms with van der Waals surface area (Å²) in [5.41, 5.74) is -0.190. The zero-order chi connectivity index (χ0) is 8.91. The molecule has 11 heavy (non-hydrogen) atoms. The van der Waals surface area contributed by atoms with Crippen molar-refractivity contribution in [1.82, 2.24) is 5.32 Å². The van der Waals surface area contributed by atoms with Crippen LogP contribution in [0.15, 0.2) is 0 Å². The predicted octanol–water partition coefficient (Wildman–Crippen LogP) is 1.95. The highest BCUT2D eigenvalue weighted by Crippen LogP contribution is 2.22. The van der Waals surface area contributed by atoms with Gasteiger partial charge in [0.25, 0.3) is 0 Å². The van der Waals surface area contributed by atoms with Crippen molar-refractivity contribution >= 4 is 5.91 Å². The van der Waals surface area contributed by atoms with E-state index < -0.39 is 0 Å². The van der Waals surface area contributed by atoms with E-state index in [0.717, 1.165) is 19.3 Å². The van der Waals surface area contributed by atoms with E-state index in [1.165, 1.54) is 0 Å². The Morgan fingerprint density at radius 3 is 2.36 bits per heavy atom. The van der Waals surface area contributed by atoms with Crippen molar-refractivity contribution < 1.29 is 4.79 Å². The van der Waals surface area contributed by atoms with Gasteiger partial charge in [-0.25, -0.2) is 0 Å². The smallest absolute Gasteiger partial charge is 0.225 e. The number of unbranched alkanes of at least 4 members (excludes halogenated alkanes) is 1. The summed E-state index contributed by atoms with van der Waals surface area (Å²) in [6.45, 7) is 6.11. The largest absolute Gasteiger partial charge is 0.359 e. The van der Waals surface area contributed by atoms with Gasteiger partial charge in [0.1, 0.15) is 0 Å². The van der Waals surface area contributed by atoms with Gasteiger partial charge in [0.2, 0.25) is 5.91 Å². The summed E-state index contributed by atoms with van der Waals surface area (Å²) < 4.78 is 0. The van der Waals surface area contributed by atoms with Gasteiger partial charge in [-0.1, -0.05) is 33.6 Å². The second-order valence-electron chi connectivity index (χ2n) is 3.57. The normalized spacial score (nSPS) is 11.3. The van der Waals surface area contributed by atoms with Crippen LogP contribution in [-0.2, 0) is 4.79 Å². The minimum Gasteiger partial charge on any atom is -0.359 e. The van der Waals surface area contributed by atoms with Crippen molar-refractivity contribution in [3.05, 3.63) is 0 Å². The van der Waals surface area contributed by atoms with Crippen molar-refractivity contribution in [2.75, 3.05) is 7.05 Å². The van der Waals surface area contributed by atoms with E-state index >= 15 is 0 Å². The molecule has 0 saturated heterocycles. The highest BCUT2D eigenvalue weighted by atomic mass is 16.2. The van der Waals surface area contributed by atoms with Gasteiger partial charge >= 0.3 is 0 Å². The van der Waals surface area contributed by atoms with E-state index in [2.05, 4.69) is 12.2 Å². The first kappa shape index (κ1) is 10.5. The lowest BCUT2D eigenvalue weighted by Gasteiger charge is -2.21. The number of carbonyl (C=O) groups is 1. The molecule has 2 nitrogen and oxygen atoms in total. The van der Waals surface area contributed by atoms with E-state index in [9.17, 15) is 4.79 Å². The lowest BCUT2D eigenvalue weighted by atomic mass is 9.86. The molecule has 0 aromatic heterocycles. The molecular formula is C9H19NO. The number of amides is 1. The molecule has 0 aromatic carbocycles. The van der Waals surface area contributed by atoms with Crippen LogP contribution in [0.4, 0.5) is 0 Å². The van der Waals surface area contributed by atoms with Crippen LogP contribution in [0.3, 0.4) is 0 Å². The van der Waals surface area contributed by atoms with Gasteiger partial charge in [-0.3, -0.25) is 4.79 Å². The highest BCUT2D eigenvalue weighted by molar-refractivity contribution is 5.81. The molecule has 0 heterocycles. The summed E-state index contributed by atoms with van der Waals surface area (Å²) in [5.74, 6) is 0.144. The lowest BCUT2D eigenvalue weighted by Crippen LogP contribution is -2.34. The van der Waals surface area contributed by atoms with Crippen LogP contribution in [0.1, 0.15) is 40.0 Å². The minimum absolute atomic E-state index is 0.144. The Bertz CT molecular complexity index is 130. The first-order valence-corrected chi connectivity index (χ1v) is 4.26. The molecule has 1 N–H and O–H groups in total. The van der Waals surface area contributed by atoms with Crippen LogP contribution in [-0.4, -0.2) is 13.0 Å². The predicted molar refractivity (Wildman–Crippen MR) is 47.4 cm³/mol. The number of hydrogen-bond donors (Lipinski definition) is 1. The Morgan fingerprint density at radius 2 is 2.00 bits per heavy atom. The maximum absolute atomic E-state index is 11.2. The Labute approximate surface area is 69.4 Å². The fraction of sp³-hybridized carbons (Fsp3) is 0.889. The Hall–Kier alpha value is -0.530. The molecule has 0 radical (unpaired) electrons. The lowest BCUT2D eigenvalue weighted by molar-refractivity contribution is -0.129. The molecule has 0 aliphatic carbocycles. The third kappa shape index (κ3) is 3.40. The summed E-state index contributed by atoms with van der Waals surface area (Å²) in [6.07, 6.45) is 3.25. The van der Waals surface area contributed by atoms with Crippen molar-refractivity contribution in [1.29, 1.82) is 0 Å². The number of nitrogens with one attached hydrogen (secondary N) is 1. The fourth-order valence-electron chi connectivity index (χ4n) is 1.07. The van der Waals surface area contributed by atoms with E-state index in [0.29, 0.717) is 0 Å². The van der Waals surface area contributed by atoms with E-state index in [4.69, 9.17) is 0 Å². The third-order valence-electron chi connectivity index (χ3n) is 2.00. The fourth-order valence-corrected chi connectivity index (χ4v) is 1.07. The Morgan fingerprint density at radius 1 is 1.45 bits per heavy atom. The molecule has 0 atom stereocenters. The van der Waals surface area contributed by atoms with Crippen molar-refractivity contribution in [2.45, 2.75) is 40.0 Å². The van der Waals surface area contributed by atoms with Gasteiger partial charge in [0.15, 0.2) is 0 Å². The minimum atomic E-state index is -0.190. The van der Waals surface area contributed by atoms with Crippen molar-refractivity contribution in [2.24, 2.45) is 5.41 Å². The van der Waals surface area contributed by atoms with Crippen LogP contribution < -0.4 is 5.32 Å². The Balaban J connectivity index is 3.88. The van der Waals surface area contributed by atoms with Gasteiger partial charge in [-0.2, -0.15) is 0 Å². The van der Waals surface area contributed by atoms with E-state index in [1.54, 1.807) is 7.05 Å². The summed E-state index contributed by atoms with van der Waals surface area (Å²) >= 11 is 0. The maximum Gasteiger partial charge on any atom is 0.225 e. The van der Waals surface area contributed by atoms with Crippen LogP contribution in [0.2, 0.25) is 0 Å². The monoisotopic (exact) mass is 157 g/mol. The van der Waals surface area contributed by atoms with Gasteiger partial charge in [0, 0.05) is 12.5 Å². The molecular weight excluding hydrogens is 138 g/mol. The first-order valence-electron chi connectivity index (χ1n) is 4.26. The zero-order valence-electron chi connectivity index (χ0n) is 8.03. The molecule has 0 aliphatic rings. The summed E-state index contributed by atoms with van der Waals surface area (Å²) in [4.78, 5) is 11.2. The molecule has 0 saturated carbocycles. The molecule has 0 spiro atoms. The second-order valence-corrected chi connectivity index (χ2v) is 3.57. The van der Waals surface area contributed by atoms with Crippen LogP contribution in [0, 0.1) is 5.41 Å². The SMILES string of the molecule is CCCCC(C)(C)C(=O)NC. The van der Waals surface area contributed by atoms with Crippen LogP contribution >= 0.6 is 0 Å². The number of rotatable bonds is 4. The zero-order valence-corrected chi connectivity index (χ0v) is 8.03. The molecule has 0 rings (SSSR count). The molecule has 0 fully saturated rings. The van der Waals surface area contributed by atoms with Crippen LogP contribution in [0.25, 0.3) is 0 Å². The number of hydrogen-bond acceptors (Lipinski definition) is 1. The van der Waals surface area contributed by atoms with Gasteiger partial charge in [0.05, 0.1) is 0 Å². The average molecular weight is 157 g/mol. The molecule has 2 heteroatoms. The number of carbonyl (C=O) groups excluding carboxylic acids is 1. The third-order valence-corrected chi connectivity index (χ3v) is 2.00. The molecule has 66 valence electrons. The molecule has 0 unspecified atom stereocenters. The highest BCUT2D eigenvalue weighted by Gasteiger charge is 2.25. The van der Waals surface area contributed by atoms with Crippen molar-refractivity contribution in [3.63, 3.8) is 0 Å². The summed E-state index contributed by atoms with van der Waals surface area (Å²) in [5, 5.41) is 2.68. The summed E-state index contributed by atoms with van der Waals surface area (Å²) in [7, 11) is 1.69. The Kier molecular flexibility index (Phi) is 4.16. The second kappa shape index (κ2) is 4.37. The molecule has 0 aliphatic heterocycles. The maximum atomic E-state index is 11.2. The molecule has 0 aromatic rings. The average Bonchev–Trinajstić information content (AvgIpc) is 1.99. The molecule has 1 amide bonds. The molecule has 0 bridgehead atoms. The van der Waals surface area contributed by atoms with Gasteiger partial charge < -0.3 is 5.32 Å². The van der Waals surface area contributed by atoms with E-state index in [-0.39, 0.29) is 11.3 Å². The van der Waals surface area contributed by atoms with Gasteiger partial charge in [-0.15, -0.1) is 0 Å². The van der Waals surface area contributed by atoms with Crippen LogP contribution in [0.5, 0.6) is 0 Å². The summed E-state index contributed by atoms with van der Waals surface area (Å²) in [6, 6.07) is 0. The van der Waals surface area contributed by atoms with Gasteiger partial charge in [-0.05, 0) is 6.42 Å². The standard InChI is InChI=1S/C9H19NO/c1-5-6-7-9(2,3)8(11)10-4/h5-7H2,1-4H3,(H,10,11). The topological polar surface area (TPSA) is 29.1 Å². The first-order chi connectivity index (χ1) is 5.04. The van der Waals surface area contributed by atoms with E-state index in [1.807, 2.05) is 13.8 Å². The quantitative estimate of drug-likeness (QED) is 0.664.